The van der Waals surface area contributed by atoms with Gasteiger partial charge < -0.3 is 0 Å². The smallest absolute Gasteiger partial charge is 0.300 e. The highest BCUT2D eigenvalue weighted by Crippen LogP contribution is 2.52. The maximum atomic E-state index is 13.9. The largest absolute Gasteiger partial charge is 0.332 e. The molecule has 156 valence electrons. The highest BCUT2D eigenvalue weighted by atomic mass is 31.2. The van der Waals surface area contributed by atoms with Gasteiger partial charge in [0.25, 0.3) is 0 Å². The minimum Gasteiger partial charge on any atom is -0.300 e. The molecule has 1 aromatic carbocycles. The zero-order valence-electron chi connectivity index (χ0n) is 17.5. The molecule has 29 heavy (non-hydrogen) atoms. The van der Waals surface area contributed by atoms with Gasteiger partial charge in [-0.2, -0.15) is 9.44 Å². The van der Waals surface area contributed by atoms with Crippen LogP contribution >= 0.6 is 7.59 Å². The van der Waals surface area contributed by atoms with Crippen molar-refractivity contribution >= 4 is 19.5 Å². The third kappa shape index (κ3) is 4.24. The van der Waals surface area contributed by atoms with Crippen molar-refractivity contribution in [1.29, 1.82) is 0 Å². The molecule has 2 aromatic heterocycles. The molecule has 10 nitrogen and oxygen atoms in total. The van der Waals surface area contributed by atoms with Crippen LogP contribution in [0.3, 0.4) is 0 Å². The van der Waals surface area contributed by atoms with Crippen LogP contribution in [0.4, 0.5) is 11.9 Å². The fraction of sp³-hybridized carbons (Fsp3) is 0.444. The molecule has 0 atom stereocenters. The molecule has 2 heterocycles. The molecule has 0 aliphatic heterocycles. The summed E-state index contributed by atoms with van der Waals surface area (Å²) < 4.78 is 20.6. The van der Waals surface area contributed by atoms with E-state index in [0.717, 1.165) is 24.9 Å². The van der Waals surface area contributed by atoms with Gasteiger partial charge in [-0.15, -0.1) is 15.3 Å². The fourth-order valence-corrected chi connectivity index (χ4v) is 4.85. The molecule has 0 bridgehead atoms. The summed E-state index contributed by atoms with van der Waals surface area (Å²) in [5.74, 6) is 1.37. The van der Waals surface area contributed by atoms with Crippen molar-refractivity contribution in [3.8, 4) is 11.4 Å². The Balaban J connectivity index is 2.09. The van der Waals surface area contributed by atoms with E-state index in [1.807, 2.05) is 34.9 Å². The van der Waals surface area contributed by atoms with Gasteiger partial charge in [0.2, 0.25) is 11.9 Å². The van der Waals surface area contributed by atoms with Crippen LogP contribution in [0.5, 0.6) is 0 Å². The SMILES string of the molecule is CCCCn1cnnc1Nc1nc(-c2ccccc2)nn1P(=O)(N(C)C)N(C)C. The molecule has 1 N–H and O–H groups in total. The molecule has 0 amide bonds. The quantitative estimate of drug-likeness (QED) is 0.531. The predicted octanol–water partition coefficient (Wildman–Crippen LogP) is 3.16. The molecule has 3 aromatic rings. The maximum absolute atomic E-state index is 13.9. The normalized spacial score (nSPS) is 12.1. The van der Waals surface area contributed by atoms with Crippen molar-refractivity contribution in [2.24, 2.45) is 0 Å². The first-order valence-corrected chi connectivity index (χ1v) is 11.1. The van der Waals surface area contributed by atoms with Gasteiger partial charge in [0.1, 0.15) is 6.33 Å². The van der Waals surface area contributed by atoms with E-state index in [-0.39, 0.29) is 0 Å². The van der Waals surface area contributed by atoms with E-state index in [4.69, 9.17) is 0 Å². The summed E-state index contributed by atoms with van der Waals surface area (Å²) in [6.07, 6.45) is 3.74. The standard InChI is InChI=1S/C18H28N9OP/c1-6-7-13-26-14-19-22-18(26)21-17-20-16(15-11-9-8-10-12-15)23-27(17)29(28,24(2)3)25(4)5/h8-12,14H,6-7,13H2,1-5H3,(H,20,21,22,23). The monoisotopic (exact) mass is 417 g/mol. The van der Waals surface area contributed by atoms with Crippen molar-refractivity contribution in [3.05, 3.63) is 36.7 Å². The molecule has 0 aliphatic rings. The molecule has 0 saturated heterocycles. The molecule has 0 unspecified atom stereocenters. The maximum Gasteiger partial charge on any atom is 0.332 e. The number of hydrogen-bond acceptors (Lipinski definition) is 6. The van der Waals surface area contributed by atoms with E-state index in [1.54, 1.807) is 43.9 Å². The number of nitrogens with zero attached hydrogens (tertiary/aromatic N) is 8. The second-order valence-corrected chi connectivity index (χ2v) is 10.1. The molecule has 11 heteroatoms. The van der Waals surface area contributed by atoms with Gasteiger partial charge in [-0.05, 0) is 34.6 Å². The summed E-state index contributed by atoms with van der Waals surface area (Å²) in [5.41, 5.74) is 0.839. The second-order valence-electron chi connectivity index (χ2n) is 7.05. The van der Waals surface area contributed by atoms with Crippen molar-refractivity contribution < 1.29 is 4.57 Å². The lowest BCUT2D eigenvalue weighted by Crippen LogP contribution is -2.27. The van der Waals surface area contributed by atoms with E-state index in [1.165, 1.54) is 4.45 Å². The summed E-state index contributed by atoms with van der Waals surface area (Å²) in [5, 5.41) is 16.0. The van der Waals surface area contributed by atoms with Gasteiger partial charge in [0.15, 0.2) is 5.82 Å². The van der Waals surface area contributed by atoms with E-state index in [0.29, 0.717) is 17.7 Å². The van der Waals surface area contributed by atoms with Gasteiger partial charge in [0.05, 0.1) is 0 Å². The third-order valence-electron chi connectivity index (χ3n) is 4.50. The lowest BCUT2D eigenvalue weighted by atomic mass is 10.2. The number of rotatable bonds is 9. The predicted molar refractivity (Wildman–Crippen MR) is 114 cm³/mol. The summed E-state index contributed by atoms with van der Waals surface area (Å²) in [6, 6.07) is 9.61. The number of aromatic nitrogens is 6. The Morgan fingerprint density at radius 2 is 1.76 bits per heavy atom. The van der Waals surface area contributed by atoms with Crippen LogP contribution < -0.4 is 5.32 Å². The summed E-state index contributed by atoms with van der Waals surface area (Å²) in [6.45, 7) is 2.91. The number of anilines is 2. The van der Waals surface area contributed by atoms with Crippen LogP contribution in [0.25, 0.3) is 11.4 Å². The van der Waals surface area contributed by atoms with Crippen LogP contribution in [0, 0.1) is 0 Å². The van der Waals surface area contributed by atoms with Gasteiger partial charge in [-0.3, -0.25) is 14.4 Å². The van der Waals surface area contributed by atoms with Crippen molar-refractivity contribution in [1.82, 2.24) is 38.6 Å². The summed E-state index contributed by atoms with van der Waals surface area (Å²) in [7, 11) is 3.83. The topological polar surface area (TPSA) is 97.0 Å². The van der Waals surface area contributed by atoms with E-state index in [9.17, 15) is 4.57 Å². The minimum absolute atomic E-state index is 0.348. The molecular formula is C18H28N9OP. The van der Waals surface area contributed by atoms with Crippen LogP contribution in [0.15, 0.2) is 36.7 Å². The lowest BCUT2D eigenvalue weighted by molar-refractivity contribution is 0.431. The van der Waals surface area contributed by atoms with Crippen molar-refractivity contribution in [2.75, 3.05) is 33.5 Å². The fourth-order valence-electron chi connectivity index (χ4n) is 2.91. The lowest BCUT2D eigenvalue weighted by Gasteiger charge is -2.30. The molecule has 3 rings (SSSR count). The van der Waals surface area contributed by atoms with Crippen molar-refractivity contribution in [3.63, 3.8) is 0 Å². The van der Waals surface area contributed by atoms with Crippen LogP contribution in [-0.2, 0) is 11.1 Å². The zero-order chi connectivity index (χ0) is 21.0. The van der Waals surface area contributed by atoms with Gasteiger partial charge >= 0.3 is 7.59 Å². The van der Waals surface area contributed by atoms with Gasteiger partial charge in [-0.1, -0.05) is 43.7 Å². The third-order valence-corrected chi connectivity index (χ3v) is 7.36. The first kappa shape index (κ1) is 21.2. The number of unbranched alkanes of at least 4 members (excludes halogenated alkanes) is 1. The highest BCUT2D eigenvalue weighted by Gasteiger charge is 2.35. The molecule has 0 saturated carbocycles. The Bertz CT molecular complexity index is 968. The number of benzene rings is 1. The number of hydrogen-bond donors (Lipinski definition) is 1. The second kappa shape index (κ2) is 8.86. The minimum atomic E-state index is -3.22. The van der Waals surface area contributed by atoms with Crippen LogP contribution in [-0.4, -0.2) is 66.8 Å². The van der Waals surface area contributed by atoms with E-state index >= 15 is 0 Å². The van der Waals surface area contributed by atoms with E-state index in [2.05, 4.69) is 32.5 Å². The molecule has 0 fully saturated rings. The zero-order valence-corrected chi connectivity index (χ0v) is 18.4. The average molecular weight is 417 g/mol. The molecule has 0 radical (unpaired) electrons. The Labute approximate surface area is 171 Å². The Kier molecular flexibility index (Phi) is 6.46. The Hall–Kier alpha value is -2.55. The Morgan fingerprint density at radius 3 is 2.38 bits per heavy atom. The Morgan fingerprint density at radius 1 is 1.07 bits per heavy atom. The molecule has 0 aliphatic carbocycles. The molecule has 0 spiro atoms. The highest BCUT2D eigenvalue weighted by molar-refractivity contribution is 7.57. The van der Waals surface area contributed by atoms with E-state index < -0.39 is 7.59 Å². The van der Waals surface area contributed by atoms with Gasteiger partial charge in [0, 0.05) is 12.1 Å². The first-order chi connectivity index (χ1) is 13.9. The summed E-state index contributed by atoms with van der Waals surface area (Å²) in [4.78, 5) is 4.64. The summed E-state index contributed by atoms with van der Waals surface area (Å²) >= 11 is 0. The van der Waals surface area contributed by atoms with Gasteiger partial charge in [-0.25, -0.2) is 9.34 Å². The molecular weight excluding hydrogens is 389 g/mol. The van der Waals surface area contributed by atoms with Crippen LogP contribution in [0.1, 0.15) is 19.8 Å². The number of aryl methyl sites for hydroxylation is 1. The average Bonchev–Trinajstić information content (AvgIpc) is 3.33. The first-order valence-electron chi connectivity index (χ1n) is 9.51. The van der Waals surface area contributed by atoms with Crippen molar-refractivity contribution in [2.45, 2.75) is 26.3 Å². The van der Waals surface area contributed by atoms with Crippen LogP contribution in [0.2, 0.25) is 0 Å². The number of nitrogens with one attached hydrogen (secondary N) is 1.